The van der Waals surface area contributed by atoms with Gasteiger partial charge in [-0.05, 0) is 42.4 Å². The lowest BCUT2D eigenvalue weighted by molar-refractivity contribution is -0.384. The number of anilines is 1. The average molecular weight is 366 g/mol. The molecule has 100 valence electrons. The Balaban J connectivity index is 3.22. The van der Waals surface area contributed by atoms with Gasteiger partial charge in [-0.15, -0.1) is 0 Å². The van der Waals surface area contributed by atoms with Crippen molar-refractivity contribution in [1.29, 1.82) is 0 Å². The minimum absolute atomic E-state index is 0.0890. The van der Waals surface area contributed by atoms with Crippen LogP contribution in [0.1, 0.15) is 33.6 Å². The first-order valence-electron chi connectivity index (χ1n) is 5.74. The van der Waals surface area contributed by atoms with Crippen LogP contribution < -0.4 is 5.32 Å². The lowest BCUT2D eigenvalue weighted by Gasteiger charge is -2.29. The van der Waals surface area contributed by atoms with Crippen LogP contribution in [0.2, 0.25) is 0 Å². The summed E-state index contributed by atoms with van der Waals surface area (Å²) in [4.78, 5) is 10.5. The molecular formula is C12H16FIN2O2. The van der Waals surface area contributed by atoms with E-state index in [1.54, 1.807) is 22.6 Å². The molecule has 0 fully saturated rings. The molecule has 0 saturated carbocycles. The van der Waals surface area contributed by atoms with Gasteiger partial charge in [0.25, 0.3) is 5.69 Å². The van der Waals surface area contributed by atoms with Crippen molar-refractivity contribution in [2.75, 3.05) is 5.32 Å². The third-order valence-electron chi connectivity index (χ3n) is 3.23. The molecule has 18 heavy (non-hydrogen) atoms. The average Bonchev–Trinajstić information content (AvgIpc) is 2.33. The molecule has 0 aromatic heterocycles. The van der Waals surface area contributed by atoms with Crippen LogP contribution in [0.15, 0.2) is 12.1 Å². The van der Waals surface area contributed by atoms with E-state index in [0.717, 1.165) is 12.8 Å². The fraction of sp³-hybridized carbons (Fsp3) is 0.500. The molecular weight excluding hydrogens is 350 g/mol. The van der Waals surface area contributed by atoms with Gasteiger partial charge in [-0.2, -0.15) is 0 Å². The normalized spacial score (nSPS) is 11.4. The summed E-state index contributed by atoms with van der Waals surface area (Å²) in [5.74, 6) is -0.446. The number of hydrogen-bond donors (Lipinski definition) is 1. The highest BCUT2D eigenvalue weighted by Crippen LogP contribution is 2.32. The number of nitrogens with one attached hydrogen (secondary N) is 1. The molecule has 0 bridgehead atoms. The van der Waals surface area contributed by atoms with E-state index in [1.807, 2.05) is 20.8 Å². The van der Waals surface area contributed by atoms with Crippen LogP contribution >= 0.6 is 22.6 Å². The molecule has 1 aromatic rings. The SMILES string of the molecule is CCC(C)(CC)Nc1cc(F)c(I)cc1[N+](=O)[O-]. The van der Waals surface area contributed by atoms with Gasteiger partial charge in [0, 0.05) is 17.7 Å². The third-order valence-corrected chi connectivity index (χ3v) is 4.06. The van der Waals surface area contributed by atoms with E-state index in [1.165, 1.54) is 12.1 Å². The maximum absolute atomic E-state index is 13.5. The number of rotatable bonds is 5. The summed E-state index contributed by atoms with van der Waals surface area (Å²) in [6, 6.07) is 2.45. The van der Waals surface area contributed by atoms with Gasteiger partial charge in [0.2, 0.25) is 0 Å². The second-order valence-electron chi connectivity index (χ2n) is 4.43. The van der Waals surface area contributed by atoms with Crippen LogP contribution in [0.25, 0.3) is 0 Å². The van der Waals surface area contributed by atoms with E-state index in [4.69, 9.17) is 0 Å². The standard InChI is InChI=1S/C12H16FIN2O2/c1-4-12(3,5-2)15-10-6-8(13)9(14)7-11(10)16(17)18/h6-7,15H,4-5H2,1-3H3. The fourth-order valence-electron chi connectivity index (χ4n) is 1.54. The van der Waals surface area contributed by atoms with E-state index in [-0.39, 0.29) is 20.5 Å². The highest BCUT2D eigenvalue weighted by Gasteiger charge is 2.25. The molecule has 0 radical (unpaired) electrons. The summed E-state index contributed by atoms with van der Waals surface area (Å²) in [5.41, 5.74) is -0.123. The number of nitro benzene ring substituents is 1. The summed E-state index contributed by atoms with van der Waals surface area (Å²) < 4.78 is 13.8. The minimum atomic E-state index is -0.490. The monoisotopic (exact) mass is 366 g/mol. The Labute approximate surface area is 119 Å². The summed E-state index contributed by atoms with van der Waals surface area (Å²) in [5, 5.41) is 14.1. The first-order chi connectivity index (χ1) is 8.33. The van der Waals surface area contributed by atoms with Gasteiger partial charge >= 0.3 is 0 Å². The van der Waals surface area contributed by atoms with Gasteiger partial charge in [-0.3, -0.25) is 10.1 Å². The fourth-order valence-corrected chi connectivity index (χ4v) is 1.99. The van der Waals surface area contributed by atoms with Gasteiger partial charge in [-0.25, -0.2) is 4.39 Å². The summed E-state index contributed by atoms with van der Waals surface area (Å²) >= 11 is 1.75. The van der Waals surface area contributed by atoms with Crippen LogP contribution in [0.4, 0.5) is 15.8 Å². The molecule has 4 nitrogen and oxygen atoms in total. The lowest BCUT2D eigenvalue weighted by atomic mass is 9.95. The second-order valence-corrected chi connectivity index (χ2v) is 5.60. The molecule has 1 rings (SSSR count). The number of benzene rings is 1. The first-order valence-corrected chi connectivity index (χ1v) is 6.82. The van der Waals surface area contributed by atoms with Crippen molar-refractivity contribution in [3.63, 3.8) is 0 Å². The van der Waals surface area contributed by atoms with Crippen LogP contribution in [0.3, 0.4) is 0 Å². The lowest BCUT2D eigenvalue weighted by Crippen LogP contribution is -2.33. The Bertz CT molecular complexity index is 462. The van der Waals surface area contributed by atoms with E-state index >= 15 is 0 Å². The topological polar surface area (TPSA) is 55.2 Å². The highest BCUT2D eigenvalue weighted by molar-refractivity contribution is 14.1. The van der Waals surface area contributed by atoms with Crippen molar-refractivity contribution >= 4 is 34.0 Å². The summed E-state index contributed by atoms with van der Waals surface area (Å²) in [6.07, 6.45) is 1.60. The Morgan fingerprint density at radius 3 is 2.44 bits per heavy atom. The Morgan fingerprint density at radius 2 is 2.00 bits per heavy atom. The van der Waals surface area contributed by atoms with Crippen molar-refractivity contribution in [3.05, 3.63) is 31.6 Å². The Hall–Kier alpha value is -0.920. The van der Waals surface area contributed by atoms with Gasteiger partial charge in [-0.1, -0.05) is 13.8 Å². The van der Waals surface area contributed by atoms with Crippen LogP contribution in [0.5, 0.6) is 0 Å². The van der Waals surface area contributed by atoms with Crippen LogP contribution in [0, 0.1) is 19.5 Å². The Kier molecular flexibility index (Phi) is 4.89. The molecule has 1 aromatic carbocycles. The predicted octanol–water partition coefficient (Wildman–Crippen LogP) is 4.33. The molecule has 6 heteroatoms. The molecule has 0 saturated heterocycles. The van der Waals surface area contributed by atoms with Gasteiger partial charge in [0.05, 0.1) is 8.49 Å². The largest absolute Gasteiger partial charge is 0.374 e. The predicted molar refractivity (Wildman–Crippen MR) is 78.4 cm³/mol. The molecule has 0 aliphatic carbocycles. The summed E-state index contributed by atoms with van der Waals surface area (Å²) in [7, 11) is 0. The van der Waals surface area contributed by atoms with E-state index in [0.29, 0.717) is 0 Å². The smallest absolute Gasteiger partial charge is 0.293 e. The van der Waals surface area contributed by atoms with E-state index in [9.17, 15) is 14.5 Å². The molecule has 0 amide bonds. The molecule has 0 aliphatic heterocycles. The summed E-state index contributed by atoms with van der Waals surface area (Å²) in [6.45, 7) is 5.95. The molecule has 0 heterocycles. The maximum Gasteiger partial charge on any atom is 0.293 e. The number of nitro groups is 1. The quantitative estimate of drug-likeness (QED) is 0.480. The molecule has 0 spiro atoms. The van der Waals surface area contributed by atoms with Crippen molar-refractivity contribution in [2.45, 2.75) is 39.2 Å². The highest BCUT2D eigenvalue weighted by atomic mass is 127. The van der Waals surface area contributed by atoms with Crippen LogP contribution in [-0.2, 0) is 0 Å². The van der Waals surface area contributed by atoms with Crippen molar-refractivity contribution < 1.29 is 9.31 Å². The zero-order valence-electron chi connectivity index (χ0n) is 10.6. The maximum atomic E-state index is 13.5. The van der Waals surface area contributed by atoms with E-state index in [2.05, 4.69) is 5.32 Å². The zero-order valence-corrected chi connectivity index (χ0v) is 12.7. The van der Waals surface area contributed by atoms with Gasteiger partial charge in [0.1, 0.15) is 11.5 Å². The molecule has 0 atom stereocenters. The third kappa shape index (κ3) is 3.30. The van der Waals surface area contributed by atoms with Gasteiger partial charge < -0.3 is 5.32 Å². The van der Waals surface area contributed by atoms with Crippen molar-refractivity contribution in [3.8, 4) is 0 Å². The first kappa shape index (κ1) is 15.1. The second kappa shape index (κ2) is 5.81. The van der Waals surface area contributed by atoms with Crippen molar-refractivity contribution in [1.82, 2.24) is 0 Å². The number of halogens is 2. The molecule has 1 N–H and O–H groups in total. The van der Waals surface area contributed by atoms with Crippen molar-refractivity contribution in [2.24, 2.45) is 0 Å². The molecule has 0 aliphatic rings. The van der Waals surface area contributed by atoms with E-state index < -0.39 is 10.7 Å². The minimum Gasteiger partial charge on any atom is -0.374 e. The number of hydrogen-bond acceptors (Lipinski definition) is 3. The number of nitrogens with zero attached hydrogens (tertiary/aromatic N) is 1. The molecule has 0 unspecified atom stereocenters. The van der Waals surface area contributed by atoms with Crippen LogP contribution in [-0.4, -0.2) is 10.5 Å². The zero-order chi connectivity index (χ0) is 13.9. The Morgan fingerprint density at radius 1 is 1.44 bits per heavy atom. The van der Waals surface area contributed by atoms with Gasteiger partial charge in [0.15, 0.2) is 0 Å².